The van der Waals surface area contributed by atoms with Crippen LogP contribution in [0.3, 0.4) is 0 Å². The summed E-state index contributed by atoms with van der Waals surface area (Å²) in [5.41, 5.74) is 9.81. The van der Waals surface area contributed by atoms with Gasteiger partial charge < -0.3 is 15.8 Å². The number of benzene rings is 1. The SMILES string of the molecule is Cc1cc(C)nc(C(=O)Nc2ccc(CC[C@@H]3N=C(N)O[C@H]3C)cc2)c1. The maximum absolute atomic E-state index is 12.4. The van der Waals surface area contributed by atoms with Gasteiger partial charge in [-0.15, -0.1) is 0 Å². The lowest BCUT2D eigenvalue weighted by Gasteiger charge is -2.12. The molecule has 0 bridgehead atoms. The van der Waals surface area contributed by atoms with Crippen molar-refractivity contribution in [1.82, 2.24) is 4.98 Å². The van der Waals surface area contributed by atoms with E-state index in [1.807, 2.05) is 51.1 Å². The third-order valence-corrected chi connectivity index (χ3v) is 4.41. The fraction of sp³-hybridized carbons (Fsp3) is 0.350. The number of nitrogens with two attached hydrogens (primary N) is 1. The summed E-state index contributed by atoms with van der Waals surface area (Å²) in [7, 11) is 0. The average molecular weight is 352 g/mol. The van der Waals surface area contributed by atoms with Crippen molar-refractivity contribution in [3.05, 3.63) is 58.9 Å². The Labute approximate surface area is 153 Å². The summed E-state index contributed by atoms with van der Waals surface area (Å²) in [5, 5.41) is 2.89. The Kier molecular flexibility index (Phi) is 5.21. The molecule has 2 atom stereocenters. The normalized spacial score (nSPS) is 19.0. The Morgan fingerprint density at radius 3 is 2.58 bits per heavy atom. The van der Waals surface area contributed by atoms with Gasteiger partial charge in [-0.2, -0.15) is 0 Å². The second-order valence-corrected chi connectivity index (χ2v) is 6.72. The molecule has 0 spiro atoms. The van der Waals surface area contributed by atoms with Gasteiger partial charge in [-0.1, -0.05) is 12.1 Å². The number of ether oxygens (including phenoxy) is 1. The van der Waals surface area contributed by atoms with Crippen molar-refractivity contribution < 1.29 is 9.53 Å². The number of aliphatic imine (C=N–C) groups is 1. The summed E-state index contributed by atoms with van der Waals surface area (Å²) in [5.74, 6) is -0.203. The van der Waals surface area contributed by atoms with E-state index in [1.165, 1.54) is 5.56 Å². The molecule has 0 saturated carbocycles. The summed E-state index contributed by atoms with van der Waals surface area (Å²) in [6.45, 7) is 5.81. The van der Waals surface area contributed by atoms with Crippen molar-refractivity contribution in [2.24, 2.45) is 10.7 Å². The Bertz CT molecular complexity index is 810. The summed E-state index contributed by atoms with van der Waals surface area (Å²) < 4.78 is 5.36. The number of amidine groups is 1. The molecule has 1 aromatic heterocycles. The topological polar surface area (TPSA) is 89.6 Å². The quantitative estimate of drug-likeness (QED) is 0.866. The Balaban J connectivity index is 1.58. The highest BCUT2D eigenvalue weighted by atomic mass is 16.5. The van der Waals surface area contributed by atoms with E-state index in [4.69, 9.17) is 10.5 Å². The van der Waals surface area contributed by atoms with Gasteiger partial charge in [-0.25, -0.2) is 9.98 Å². The summed E-state index contributed by atoms with van der Waals surface area (Å²) >= 11 is 0. The number of anilines is 1. The number of carbonyl (C=O) groups is 1. The number of carbonyl (C=O) groups excluding carboxylic acids is 1. The largest absolute Gasteiger partial charge is 0.460 e. The predicted octanol–water partition coefficient (Wildman–Crippen LogP) is 2.99. The molecule has 1 aromatic carbocycles. The molecule has 1 aliphatic rings. The van der Waals surface area contributed by atoms with E-state index in [1.54, 1.807) is 6.07 Å². The van der Waals surface area contributed by atoms with Crippen LogP contribution >= 0.6 is 0 Å². The van der Waals surface area contributed by atoms with Crippen LogP contribution in [0.5, 0.6) is 0 Å². The predicted molar refractivity (Wildman–Crippen MR) is 102 cm³/mol. The van der Waals surface area contributed by atoms with Gasteiger partial charge in [0.1, 0.15) is 11.8 Å². The van der Waals surface area contributed by atoms with Crippen LogP contribution in [-0.4, -0.2) is 29.1 Å². The highest BCUT2D eigenvalue weighted by Gasteiger charge is 2.25. The maximum Gasteiger partial charge on any atom is 0.282 e. The zero-order chi connectivity index (χ0) is 18.7. The van der Waals surface area contributed by atoms with Crippen molar-refractivity contribution in [3.8, 4) is 0 Å². The van der Waals surface area contributed by atoms with Crippen LogP contribution in [0.25, 0.3) is 0 Å². The summed E-state index contributed by atoms with van der Waals surface area (Å²) in [4.78, 5) is 20.9. The number of aryl methyl sites for hydroxylation is 3. The fourth-order valence-electron chi connectivity index (χ4n) is 3.09. The molecule has 0 aliphatic carbocycles. The van der Waals surface area contributed by atoms with Gasteiger partial charge >= 0.3 is 0 Å². The van der Waals surface area contributed by atoms with Crippen molar-refractivity contribution in [1.29, 1.82) is 0 Å². The highest BCUT2D eigenvalue weighted by Crippen LogP contribution is 2.19. The van der Waals surface area contributed by atoms with Crippen LogP contribution in [0, 0.1) is 13.8 Å². The van der Waals surface area contributed by atoms with Gasteiger partial charge in [0.05, 0.1) is 6.04 Å². The van der Waals surface area contributed by atoms with Crippen molar-refractivity contribution in [2.45, 2.75) is 45.8 Å². The molecule has 0 saturated heterocycles. The zero-order valence-corrected chi connectivity index (χ0v) is 15.3. The molecule has 6 nitrogen and oxygen atoms in total. The molecule has 3 rings (SSSR count). The molecule has 136 valence electrons. The van der Waals surface area contributed by atoms with Crippen molar-refractivity contribution in [3.63, 3.8) is 0 Å². The van der Waals surface area contributed by atoms with Crippen LogP contribution in [0.1, 0.15) is 40.7 Å². The lowest BCUT2D eigenvalue weighted by atomic mass is 10.0. The zero-order valence-electron chi connectivity index (χ0n) is 15.3. The number of amides is 1. The van der Waals surface area contributed by atoms with E-state index < -0.39 is 0 Å². The van der Waals surface area contributed by atoms with Crippen molar-refractivity contribution >= 4 is 17.6 Å². The third kappa shape index (κ3) is 4.39. The van der Waals surface area contributed by atoms with Crippen molar-refractivity contribution in [2.75, 3.05) is 5.32 Å². The van der Waals surface area contributed by atoms with Gasteiger partial charge in [0.2, 0.25) is 0 Å². The molecule has 2 aromatic rings. The van der Waals surface area contributed by atoms with E-state index in [2.05, 4.69) is 15.3 Å². The molecule has 6 heteroatoms. The highest BCUT2D eigenvalue weighted by molar-refractivity contribution is 6.03. The first-order chi connectivity index (χ1) is 12.4. The summed E-state index contributed by atoms with van der Waals surface area (Å²) in [6, 6.07) is 11.9. The van der Waals surface area contributed by atoms with Gasteiger partial charge in [0, 0.05) is 11.4 Å². The second-order valence-electron chi connectivity index (χ2n) is 6.72. The van der Waals surface area contributed by atoms with E-state index in [-0.39, 0.29) is 24.1 Å². The molecule has 0 fully saturated rings. The number of hydrogen-bond donors (Lipinski definition) is 2. The third-order valence-electron chi connectivity index (χ3n) is 4.41. The number of pyridine rings is 1. The van der Waals surface area contributed by atoms with Gasteiger partial charge in [-0.3, -0.25) is 4.79 Å². The summed E-state index contributed by atoms with van der Waals surface area (Å²) in [6.07, 6.45) is 1.78. The Morgan fingerprint density at radius 2 is 1.96 bits per heavy atom. The average Bonchev–Trinajstić information content (AvgIpc) is 2.91. The fourth-order valence-corrected chi connectivity index (χ4v) is 3.09. The van der Waals surface area contributed by atoms with Gasteiger partial charge in [0.15, 0.2) is 0 Å². The minimum atomic E-state index is -0.203. The molecule has 0 unspecified atom stereocenters. The first kappa shape index (κ1) is 17.9. The van der Waals surface area contributed by atoms with E-state index in [0.29, 0.717) is 5.69 Å². The Morgan fingerprint density at radius 1 is 1.23 bits per heavy atom. The Hall–Kier alpha value is -2.89. The first-order valence-corrected chi connectivity index (χ1v) is 8.76. The van der Waals surface area contributed by atoms with Gasteiger partial charge in [-0.05, 0) is 69.0 Å². The minimum Gasteiger partial charge on any atom is -0.460 e. The molecule has 3 N–H and O–H groups in total. The molecular formula is C20H24N4O2. The van der Waals surface area contributed by atoms with E-state index >= 15 is 0 Å². The number of hydrogen-bond acceptors (Lipinski definition) is 5. The van der Waals surface area contributed by atoms with E-state index in [0.717, 1.165) is 29.8 Å². The second kappa shape index (κ2) is 7.56. The van der Waals surface area contributed by atoms with Crippen LogP contribution in [0.2, 0.25) is 0 Å². The standard InChI is InChI=1S/C20H24N4O2/c1-12-10-13(2)22-18(11-12)19(25)23-16-7-4-15(5-8-16)6-9-17-14(3)26-20(21)24-17/h4-5,7-8,10-11,14,17H,6,9H2,1-3H3,(H2,21,24)(H,23,25)/t14-,17-/m0/s1. The first-order valence-electron chi connectivity index (χ1n) is 8.76. The van der Waals surface area contributed by atoms with Gasteiger partial charge in [0.25, 0.3) is 11.9 Å². The monoisotopic (exact) mass is 352 g/mol. The number of nitrogens with one attached hydrogen (secondary N) is 1. The smallest absolute Gasteiger partial charge is 0.282 e. The molecule has 0 radical (unpaired) electrons. The molecule has 26 heavy (non-hydrogen) atoms. The molecule has 1 amide bonds. The van der Waals surface area contributed by atoms with Crippen LogP contribution in [-0.2, 0) is 11.2 Å². The maximum atomic E-state index is 12.4. The van der Waals surface area contributed by atoms with Crippen LogP contribution in [0.15, 0.2) is 41.4 Å². The lowest BCUT2D eigenvalue weighted by molar-refractivity contribution is 0.102. The molecular weight excluding hydrogens is 328 g/mol. The number of nitrogens with zero attached hydrogens (tertiary/aromatic N) is 2. The van der Waals surface area contributed by atoms with Crippen LogP contribution < -0.4 is 11.1 Å². The van der Waals surface area contributed by atoms with Crippen LogP contribution in [0.4, 0.5) is 5.69 Å². The lowest BCUT2D eigenvalue weighted by Crippen LogP contribution is -2.20. The minimum absolute atomic E-state index is 0.0267. The molecule has 1 aliphatic heterocycles. The molecule has 2 heterocycles. The van der Waals surface area contributed by atoms with E-state index in [9.17, 15) is 4.79 Å². The number of aromatic nitrogens is 1. The number of rotatable bonds is 5.